The van der Waals surface area contributed by atoms with Crippen molar-refractivity contribution in [3.63, 3.8) is 0 Å². The van der Waals surface area contributed by atoms with Gasteiger partial charge in [0.1, 0.15) is 0 Å². The summed E-state index contributed by atoms with van der Waals surface area (Å²) in [4.78, 5) is 16.8. The van der Waals surface area contributed by atoms with Gasteiger partial charge in [0.05, 0.1) is 0 Å². The molecular weight excluding hydrogens is 244 g/mol. The molecule has 98 valence electrons. The second-order valence-electron chi connectivity index (χ2n) is 4.07. The number of carbonyl (C=O) groups is 1. The van der Waals surface area contributed by atoms with Gasteiger partial charge in [-0.3, -0.25) is 4.98 Å². The lowest BCUT2D eigenvalue weighted by molar-refractivity contribution is 0.0689. The summed E-state index contributed by atoms with van der Waals surface area (Å²) in [5.74, 6) is -0.434. The fourth-order valence-electron chi connectivity index (χ4n) is 1.59. The minimum atomic E-state index is -1.07. The highest BCUT2D eigenvalue weighted by Gasteiger charge is 2.08. The van der Waals surface area contributed by atoms with Gasteiger partial charge in [-0.05, 0) is 24.3 Å². The fraction of sp³-hybridized carbons (Fsp3) is 0.231. The summed E-state index contributed by atoms with van der Waals surface area (Å²) in [5, 5.41) is 16.3. The average molecular weight is 258 g/mol. The number of rotatable bonds is 5. The van der Waals surface area contributed by atoms with Crippen molar-refractivity contribution in [2.45, 2.75) is 6.42 Å². The molecule has 2 heterocycles. The molecule has 2 aromatic heterocycles. The Balaban J connectivity index is 1.96. The Bertz CT molecular complexity index is 542. The maximum atomic E-state index is 10.7. The molecule has 0 fully saturated rings. The van der Waals surface area contributed by atoms with Crippen LogP contribution in [0.4, 0.5) is 5.82 Å². The first-order chi connectivity index (χ1) is 9.16. The Morgan fingerprint density at radius 3 is 2.68 bits per heavy atom. The number of carboxylic acids is 1. The standard InChI is InChI=1S/C13H14N4O2/c1-17(9-7-10-4-2-3-8-14-10)12-6-5-11(13(18)19)15-16-12/h2-6,8H,7,9H2,1H3,(H,18,19). The molecule has 19 heavy (non-hydrogen) atoms. The predicted molar refractivity (Wildman–Crippen MR) is 70.2 cm³/mol. The van der Waals surface area contributed by atoms with Crippen molar-refractivity contribution in [3.8, 4) is 0 Å². The van der Waals surface area contributed by atoms with Crippen LogP contribution >= 0.6 is 0 Å². The highest BCUT2D eigenvalue weighted by Crippen LogP contribution is 2.08. The van der Waals surface area contributed by atoms with Gasteiger partial charge >= 0.3 is 5.97 Å². The van der Waals surface area contributed by atoms with Crippen LogP contribution in [-0.2, 0) is 6.42 Å². The summed E-state index contributed by atoms with van der Waals surface area (Å²) in [5.41, 5.74) is 0.950. The number of aromatic carboxylic acids is 1. The number of anilines is 1. The third-order valence-corrected chi connectivity index (χ3v) is 2.69. The van der Waals surface area contributed by atoms with Gasteiger partial charge in [0.2, 0.25) is 0 Å². The van der Waals surface area contributed by atoms with Gasteiger partial charge in [0.25, 0.3) is 0 Å². The monoisotopic (exact) mass is 258 g/mol. The van der Waals surface area contributed by atoms with Crippen molar-refractivity contribution in [3.05, 3.63) is 47.9 Å². The topological polar surface area (TPSA) is 79.2 Å². The smallest absolute Gasteiger partial charge is 0.356 e. The molecule has 6 heteroatoms. The summed E-state index contributed by atoms with van der Waals surface area (Å²) in [6.07, 6.45) is 2.55. The van der Waals surface area contributed by atoms with Gasteiger partial charge in [-0.1, -0.05) is 6.07 Å². The summed E-state index contributed by atoms with van der Waals surface area (Å²) in [7, 11) is 1.88. The third kappa shape index (κ3) is 3.48. The molecule has 0 aliphatic rings. The molecule has 2 aromatic rings. The second-order valence-corrected chi connectivity index (χ2v) is 4.07. The quantitative estimate of drug-likeness (QED) is 0.869. The highest BCUT2D eigenvalue weighted by atomic mass is 16.4. The van der Waals surface area contributed by atoms with Crippen LogP contribution in [0.15, 0.2) is 36.5 Å². The number of hydrogen-bond donors (Lipinski definition) is 1. The van der Waals surface area contributed by atoms with E-state index in [1.54, 1.807) is 12.3 Å². The lowest BCUT2D eigenvalue weighted by Crippen LogP contribution is -2.22. The Hall–Kier alpha value is -2.50. The zero-order valence-electron chi connectivity index (χ0n) is 10.5. The van der Waals surface area contributed by atoms with Gasteiger partial charge in [0.15, 0.2) is 11.5 Å². The zero-order valence-corrected chi connectivity index (χ0v) is 10.5. The van der Waals surface area contributed by atoms with E-state index < -0.39 is 5.97 Å². The van der Waals surface area contributed by atoms with Crippen LogP contribution in [0.2, 0.25) is 0 Å². The van der Waals surface area contributed by atoms with E-state index in [0.717, 1.165) is 18.7 Å². The SMILES string of the molecule is CN(CCc1ccccn1)c1ccc(C(=O)O)nn1. The molecule has 0 amide bonds. The van der Waals surface area contributed by atoms with E-state index in [1.807, 2.05) is 30.1 Å². The molecule has 2 rings (SSSR count). The van der Waals surface area contributed by atoms with E-state index in [0.29, 0.717) is 5.82 Å². The van der Waals surface area contributed by atoms with Crippen LogP contribution in [0.5, 0.6) is 0 Å². The Morgan fingerprint density at radius 2 is 2.11 bits per heavy atom. The Morgan fingerprint density at radius 1 is 1.26 bits per heavy atom. The Kier molecular flexibility index (Phi) is 4.02. The molecule has 0 saturated carbocycles. The molecule has 6 nitrogen and oxygen atoms in total. The minimum Gasteiger partial charge on any atom is -0.476 e. The molecular formula is C13H14N4O2. The van der Waals surface area contributed by atoms with E-state index in [-0.39, 0.29) is 5.69 Å². The molecule has 0 saturated heterocycles. The van der Waals surface area contributed by atoms with E-state index >= 15 is 0 Å². The molecule has 0 aliphatic carbocycles. The molecule has 0 bridgehead atoms. The summed E-state index contributed by atoms with van der Waals surface area (Å²) in [6, 6.07) is 8.89. The normalized spacial score (nSPS) is 10.2. The minimum absolute atomic E-state index is 0.0538. The number of hydrogen-bond acceptors (Lipinski definition) is 5. The van der Waals surface area contributed by atoms with E-state index in [1.165, 1.54) is 6.07 Å². The van der Waals surface area contributed by atoms with Crippen molar-refractivity contribution in [1.82, 2.24) is 15.2 Å². The van der Waals surface area contributed by atoms with Crippen molar-refractivity contribution >= 4 is 11.8 Å². The summed E-state index contributed by atoms with van der Waals surface area (Å²) in [6.45, 7) is 0.734. The summed E-state index contributed by atoms with van der Waals surface area (Å²) >= 11 is 0. The first-order valence-corrected chi connectivity index (χ1v) is 5.85. The third-order valence-electron chi connectivity index (χ3n) is 2.69. The maximum absolute atomic E-state index is 10.7. The largest absolute Gasteiger partial charge is 0.476 e. The molecule has 0 aliphatic heterocycles. The average Bonchev–Trinajstić information content (AvgIpc) is 2.46. The molecule has 1 N–H and O–H groups in total. The first kappa shape index (κ1) is 12.9. The van der Waals surface area contributed by atoms with Crippen LogP contribution in [-0.4, -0.2) is 39.8 Å². The lowest BCUT2D eigenvalue weighted by Gasteiger charge is -2.16. The van der Waals surface area contributed by atoms with Gasteiger partial charge in [-0.25, -0.2) is 4.79 Å². The van der Waals surface area contributed by atoms with Crippen LogP contribution in [0.1, 0.15) is 16.2 Å². The zero-order chi connectivity index (χ0) is 13.7. The van der Waals surface area contributed by atoms with E-state index in [9.17, 15) is 4.79 Å². The number of aromatic nitrogens is 3. The summed E-state index contributed by atoms with van der Waals surface area (Å²) < 4.78 is 0. The van der Waals surface area contributed by atoms with Crippen LogP contribution in [0.25, 0.3) is 0 Å². The van der Waals surface area contributed by atoms with Crippen molar-refractivity contribution in [1.29, 1.82) is 0 Å². The fourth-order valence-corrected chi connectivity index (χ4v) is 1.59. The molecule has 0 spiro atoms. The molecule has 0 unspecified atom stereocenters. The Labute approximate surface area is 110 Å². The van der Waals surface area contributed by atoms with Gasteiger partial charge in [0, 0.05) is 31.9 Å². The van der Waals surface area contributed by atoms with E-state index in [2.05, 4.69) is 15.2 Å². The van der Waals surface area contributed by atoms with Gasteiger partial charge < -0.3 is 10.0 Å². The molecule has 0 atom stereocenters. The molecule has 0 radical (unpaired) electrons. The number of pyridine rings is 1. The van der Waals surface area contributed by atoms with Crippen LogP contribution < -0.4 is 4.90 Å². The first-order valence-electron chi connectivity index (χ1n) is 5.85. The predicted octanol–water partition coefficient (Wildman–Crippen LogP) is 1.25. The highest BCUT2D eigenvalue weighted by molar-refractivity contribution is 5.85. The second kappa shape index (κ2) is 5.90. The number of likely N-dealkylation sites (N-methyl/N-ethyl adjacent to an activating group) is 1. The number of nitrogens with zero attached hydrogens (tertiary/aromatic N) is 4. The van der Waals surface area contributed by atoms with Crippen molar-refractivity contribution in [2.75, 3.05) is 18.5 Å². The maximum Gasteiger partial charge on any atom is 0.356 e. The van der Waals surface area contributed by atoms with Crippen LogP contribution in [0, 0.1) is 0 Å². The lowest BCUT2D eigenvalue weighted by atomic mass is 10.2. The van der Waals surface area contributed by atoms with Crippen LogP contribution in [0.3, 0.4) is 0 Å². The van der Waals surface area contributed by atoms with Gasteiger partial charge in [-0.2, -0.15) is 0 Å². The van der Waals surface area contributed by atoms with E-state index in [4.69, 9.17) is 5.11 Å². The van der Waals surface area contributed by atoms with Gasteiger partial charge in [-0.15, -0.1) is 10.2 Å². The number of carboxylic acid groups (broad SMARTS) is 1. The van der Waals surface area contributed by atoms with Crippen molar-refractivity contribution < 1.29 is 9.90 Å². The molecule has 0 aromatic carbocycles. The van der Waals surface area contributed by atoms with Crippen molar-refractivity contribution in [2.24, 2.45) is 0 Å².